The number of nitrogens with one attached hydrogen (secondary N) is 1. The molecule has 0 unspecified atom stereocenters. The number of carbonyl (C=O) groups is 2. The first-order valence-electron chi connectivity index (χ1n) is 6.40. The molecule has 0 aliphatic heterocycles. The van der Waals surface area contributed by atoms with E-state index in [2.05, 4.69) is 5.32 Å². The van der Waals surface area contributed by atoms with E-state index in [1.165, 1.54) is 0 Å². The van der Waals surface area contributed by atoms with Gasteiger partial charge in [-0.2, -0.15) is 0 Å². The predicted octanol–water partition coefficient (Wildman–Crippen LogP) is 2.62. The second-order valence-electron chi connectivity index (χ2n) is 4.17. The van der Waals surface area contributed by atoms with Crippen molar-refractivity contribution in [2.75, 3.05) is 6.54 Å². The molecule has 19 heavy (non-hydrogen) atoms. The Morgan fingerprint density at radius 1 is 1.11 bits per heavy atom. The number of rotatable bonds is 8. The number of allylic oxidation sites excluding steroid dienone is 1. The summed E-state index contributed by atoms with van der Waals surface area (Å²) in [6.45, 7) is 0.586. The lowest BCUT2D eigenvalue weighted by molar-refractivity contribution is -0.137. The molecule has 0 aliphatic carbocycles. The zero-order valence-electron chi connectivity index (χ0n) is 10.8. The molecule has 0 atom stereocenters. The summed E-state index contributed by atoms with van der Waals surface area (Å²) in [6, 6.07) is 9.08. The second kappa shape index (κ2) is 8.91. The Morgan fingerprint density at radius 3 is 2.47 bits per heavy atom. The van der Waals surface area contributed by atoms with Crippen molar-refractivity contribution >= 4 is 11.9 Å². The van der Waals surface area contributed by atoms with Crippen molar-refractivity contribution in [1.29, 1.82) is 0 Å². The lowest BCUT2D eigenvalue weighted by atomic mass is 10.2. The number of aliphatic carboxylic acids is 1. The lowest BCUT2D eigenvalue weighted by Gasteiger charge is -2.02. The average molecular weight is 261 g/mol. The van der Waals surface area contributed by atoms with Crippen LogP contribution < -0.4 is 5.32 Å². The van der Waals surface area contributed by atoms with Crippen molar-refractivity contribution in [2.45, 2.75) is 25.7 Å². The van der Waals surface area contributed by atoms with E-state index in [1.807, 2.05) is 30.4 Å². The van der Waals surface area contributed by atoms with Crippen LogP contribution in [0.2, 0.25) is 0 Å². The Balaban J connectivity index is 2.09. The number of carbonyl (C=O) groups excluding carboxylic acids is 1. The minimum Gasteiger partial charge on any atom is -0.481 e. The quantitative estimate of drug-likeness (QED) is 0.558. The fourth-order valence-electron chi connectivity index (χ4n) is 1.57. The van der Waals surface area contributed by atoms with Crippen LogP contribution in [-0.4, -0.2) is 23.5 Å². The standard InChI is InChI=1S/C15H19NO3/c17-14(18)11-7-2-1-3-8-12-16-15(19)13-9-5-4-6-10-13/h1,3-6,9-10H,2,7-8,11-12H2,(H,16,19)(H,17,18)/b3-1+. The minimum absolute atomic E-state index is 0.0696. The van der Waals surface area contributed by atoms with Crippen LogP contribution >= 0.6 is 0 Å². The Kier molecular flexibility index (Phi) is 7.02. The van der Waals surface area contributed by atoms with Gasteiger partial charge in [0, 0.05) is 18.5 Å². The molecule has 0 saturated carbocycles. The highest BCUT2D eigenvalue weighted by molar-refractivity contribution is 5.94. The van der Waals surface area contributed by atoms with Gasteiger partial charge in [-0.15, -0.1) is 0 Å². The van der Waals surface area contributed by atoms with Gasteiger partial charge in [0.1, 0.15) is 0 Å². The molecule has 0 bridgehead atoms. The molecule has 0 fully saturated rings. The molecule has 4 nitrogen and oxygen atoms in total. The maximum absolute atomic E-state index is 11.7. The number of amides is 1. The predicted molar refractivity (Wildman–Crippen MR) is 74.0 cm³/mol. The van der Waals surface area contributed by atoms with Gasteiger partial charge in [0.25, 0.3) is 5.91 Å². The van der Waals surface area contributed by atoms with Crippen LogP contribution in [-0.2, 0) is 4.79 Å². The van der Waals surface area contributed by atoms with Gasteiger partial charge in [0.2, 0.25) is 0 Å². The topological polar surface area (TPSA) is 66.4 Å². The van der Waals surface area contributed by atoms with Crippen molar-refractivity contribution in [3.05, 3.63) is 48.0 Å². The zero-order chi connectivity index (χ0) is 13.9. The molecule has 0 heterocycles. The smallest absolute Gasteiger partial charge is 0.303 e. The lowest BCUT2D eigenvalue weighted by Crippen LogP contribution is -2.23. The molecule has 1 aromatic rings. The summed E-state index contributed by atoms with van der Waals surface area (Å²) < 4.78 is 0. The fraction of sp³-hybridized carbons (Fsp3) is 0.333. The van der Waals surface area contributed by atoms with Crippen LogP contribution in [0.1, 0.15) is 36.0 Å². The van der Waals surface area contributed by atoms with E-state index in [1.54, 1.807) is 12.1 Å². The first-order valence-corrected chi connectivity index (χ1v) is 6.40. The maximum atomic E-state index is 11.7. The van der Waals surface area contributed by atoms with Crippen LogP contribution in [0.25, 0.3) is 0 Å². The van der Waals surface area contributed by atoms with Crippen molar-refractivity contribution in [3.63, 3.8) is 0 Å². The molecule has 1 rings (SSSR count). The molecular weight excluding hydrogens is 242 g/mol. The number of hydrogen-bond acceptors (Lipinski definition) is 2. The largest absolute Gasteiger partial charge is 0.481 e. The Hall–Kier alpha value is -2.10. The number of carboxylic acids is 1. The third-order valence-electron chi connectivity index (χ3n) is 2.56. The highest BCUT2D eigenvalue weighted by Crippen LogP contribution is 1.99. The molecule has 1 aromatic carbocycles. The van der Waals surface area contributed by atoms with Gasteiger partial charge >= 0.3 is 5.97 Å². The van der Waals surface area contributed by atoms with Gasteiger partial charge in [0.15, 0.2) is 0 Å². The van der Waals surface area contributed by atoms with Gasteiger partial charge in [-0.3, -0.25) is 9.59 Å². The van der Waals surface area contributed by atoms with Gasteiger partial charge in [-0.25, -0.2) is 0 Å². The normalized spacial score (nSPS) is 10.5. The van der Waals surface area contributed by atoms with Crippen molar-refractivity contribution < 1.29 is 14.7 Å². The Morgan fingerprint density at radius 2 is 1.79 bits per heavy atom. The van der Waals surface area contributed by atoms with Gasteiger partial charge in [-0.05, 0) is 31.4 Å². The van der Waals surface area contributed by atoms with E-state index in [0.29, 0.717) is 18.5 Å². The van der Waals surface area contributed by atoms with Crippen LogP contribution in [0.5, 0.6) is 0 Å². The molecule has 0 aromatic heterocycles. The van der Waals surface area contributed by atoms with E-state index >= 15 is 0 Å². The maximum Gasteiger partial charge on any atom is 0.303 e. The highest BCUT2D eigenvalue weighted by atomic mass is 16.4. The summed E-state index contributed by atoms with van der Waals surface area (Å²) in [7, 11) is 0. The molecule has 2 N–H and O–H groups in total. The minimum atomic E-state index is -0.761. The summed E-state index contributed by atoms with van der Waals surface area (Å²) in [5.74, 6) is -0.830. The summed E-state index contributed by atoms with van der Waals surface area (Å²) in [4.78, 5) is 21.9. The van der Waals surface area contributed by atoms with Crippen molar-refractivity contribution in [1.82, 2.24) is 5.32 Å². The first kappa shape index (κ1) is 15.0. The van der Waals surface area contributed by atoms with Crippen LogP contribution in [0.4, 0.5) is 0 Å². The van der Waals surface area contributed by atoms with E-state index in [9.17, 15) is 9.59 Å². The molecular formula is C15H19NO3. The van der Waals surface area contributed by atoms with Crippen LogP contribution in [0.15, 0.2) is 42.5 Å². The van der Waals surface area contributed by atoms with Gasteiger partial charge < -0.3 is 10.4 Å². The number of benzene rings is 1. The van der Waals surface area contributed by atoms with E-state index < -0.39 is 5.97 Å². The van der Waals surface area contributed by atoms with Gasteiger partial charge in [0.05, 0.1) is 0 Å². The third-order valence-corrected chi connectivity index (χ3v) is 2.56. The SMILES string of the molecule is O=C(O)CCC/C=C/CCNC(=O)c1ccccc1. The zero-order valence-corrected chi connectivity index (χ0v) is 10.8. The average Bonchev–Trinajstić information content (AvgIpc) is 2.42. The monoisotopic (exact) mass is 261 g/mol. The van der Waals surface area contributed by atoms with Gasteiger partial charge in [-0.1, -0.05) is 30.4 Å². The van der Waals surface area contributed by atoms with Crippen LogP contribution in [0, 0.1) is 0 Å². The third kappa shape index (κ3) is 7.03. The van der Waals surface area contributed by atoms with Crippen LogP contribution in [0.3, 0.4) is 0 Å². The fourth-order valence-corrected chi connectivity index (χ4v) is 1.57. The number of hydrogen-bond donors (Lipinski definition) is 2. The Bertz CT molecular complexity index is 426. The van der Waals surface area contributed by atoms with E-state index in [0.717, 1.165) is 12.8 Å². The Labute approximate surface area is 113 Å². The van der Waals surface area contributed by atoms with Crippen molar-refractivity contribution in [2.24, 2.45) is 0 Å². The molecule has 0 radical (unpaired) electrons. The number of carboxylic acid groups (broad SMARTS) is 1. The molecule has 102 valence electrons. The molecule has 0 spiro atoms. The second-order valence-corrected chi connectivity index (χ2v) is 4.17. The summed E-state index contributed by atoms with van der Waals surface area (Å²) >= 11 is 0. The first-order chi connectivity index (χ1) is 9.20. The molecule has 4 heteroatoms. The summed E-state index contributed by atoms with van der Waals surface area (Å²) in [6.07, 6.45) is 6.30. The molecule has 0 saturated heterocycles. The number of unbranched alkanes of at least 4 members (excludes halogenated alkanes) is 1. The summed E-state index contributed by atoms with van der Waals surface area (Å²) in [5, 5.41) is 11.3. The summed E-state index contributed by atoms with van der Waals surface area (Å²) in [5.41, 5.74) is 0.660. The molecule has 0 aliphatic rings. The van der Waals surface area contributed by atoms with E-state index in [-0.39, 0.29) is 12.3 Å². The molecule has 1 amide bonds. The van der Waals surface area contributed by atoms with E-state index in [4.69, 9.17) is 5.11 Å². The highest BCUT2D eigenvalue weighted by Gasteiger charge is 2.01. The van der Waals surface area contributed by atoms with Crippen molar-refractivity contribution in [3.8, 4) is 0 Å².